The minimum absolute atomic E-state index is 0.0910. The summed E-state index contributed by atoms with van der Waals surface area (Å²) in [7, 11) is -2.74. The molecule has 2 aromatic heterocycles. The first-order valence-electron chi connectivity index (χ1n) is 19.1. The molecule has 2 aliphatic rings. The van der Waals surface area contributed by atoms with Crippen molar-refractivity contribution in [1.82, 2.24) is 5.16 Å². The van der Waals surface area contributed by atoms with Crippen molar-refractivity contribution in [3.63, 3.8) is 0 Å². The van der Waals surface area contributed by atoms with E-state index in [-0.39, 0.29) is 22.8 Å². The molecule has 6 atom stereocenters. The van der Waals surface area contributed by atoms with Gasteiger partial charge >= 0.3 is 28.5 Å². The number of sulfone groups is 1. The molecule has 0 unspecified atom stereocenters. The van der Waals surface area contributed by atoms with Gasteiger partial charge in [-0.1, -0.05) is 74.8 Å². The van der Waals surface area contributed by atoms with Crippen LogP contribution in [-0.2, 0) is 38.4 Å². The van der Waals surface area contributed by atoms with E-state index in [9.17, 15) is 28.0 Å². The summed E-state index contributed by atoms with van der Waals surface area (Å²) in [4.78, 5) is 37.2. The summed E-state index contributed by atoms with van der Waals surface area (Å²) >= 11 is 0. The maximum Gasteiger partial charge on any atom is 0.414 e. The zero-order chi connectivity index (χ0) is 42.1. The zero-order valence-electron chi connectivity index (χ0n) is 33.4. The molecule has 0 aliphatic carbocycles. The predicted molar refractivity (Wildman–Crippen MR) is 206 cm³/mol. The quantitative estimate of drug-likeness (QED) is 0.0631. The number of esters is 2. The first kappa shape index (κ1) is 43.9. The normalized spacial score (nSPS) is 24.4. The number of carbonyl (C=O) groups excluding carboxylic acids is 2. The smallest absolute Gasteiger partial charge is 0.414 e. The molecule has 2 fully saturated rings. The average Bonchev–Trinajstić information content (AvgIpc) is 3.64. The molecule has 5 rings (SSSR count). The van der Waals surface area contributed by atoms with E-state index in [1.165, 1.54) is 44.4 Å². The molecule has 0 spiro atoms. The van der Waals surface area contributed by atoms with Gasteiger partial charge in [-0.15, -0.1) is 0 Å². The molecule has 0 saturated carbocycles. The van der Waals surface area contributed by atoms with E-state index in [4.69, 9.17) is 32.8 Å². The van der Waals surface area contributed by atoms with Gasteiger partial charge in [0.05, 0.1) is 35.9 Å². The van der Waals surface area contributed by atoms with Gasteiger partial charge in [0, 0.05) is 18.9 Å². The predicted octanol–water partition coefficient (Wildman–Crippen LogP) is 5.52. The lowest BCUT2D eigenvalue weighted by Crippen LogP contribution is -2.66. The molecule has 58 heavy (non-hydrogen) atoms. The molecule has 314 valence electrons. The number of allylic oxidation sites excluding steroid dienone is 4. The number of ether oxygens (including phenoxy) is 6. The number of unbranched alkanes of at least 4 members (excludes halogenated alkanes) is 4. The van der Waals surface area contributed by atoms with Gasteiger partial charge < -0.3 is 38.0 Å². The van der Waals surface area contributed by atoms with Gasteiger partial charge in [-0.05, 0) is 63.1 Å². The number of nitrogens with zero attached hydrogens (tertiary/aromatic N) is 2. The minimum Gasteiger partial charge on any atom is -0.496 e. The second kappa shape index (κ2) is 19.0. The van der Waals surface area contributed by atoms with Crippen molar-refractivity contribution < 1.29 is 60.4 Å². The van der Waals surface area contributed by atoms with Crippen molar-refractivity contribution in [3.05, 3.63) is 93.7 Å². The van der Waals surface area contributed by atoms with E-state index < -0.39 is 73.9 Å². The van der Waals surface area contributed by atoms with Crippen molar-refractivity contribution in [2.75, 3.05) is 13.7 Å². The SMILES string of the molecule is CC[C@H]1O[C@@]2(C)[C@H](OC(C)=O)[C@@]1(C)O[C@@H](/C=C/C=C/C=C/c1oc(=O)cc(OC)c1C)[C@@H]2OC(=O)CCCCCCCOc1no[n+]([O-])c1S(=O)(=O)c1ccccc1. The summed E-state index contributed by atoms with van der Waals surface area (Å²) in [5.74, 6) is -0.607. The van der Waals surface area contributed by atoms with Crippen molar-refractivity contribution in [1.29, 1.82) is 0 Å². The van der Waals surface area contributed by atoms with Crippen LogP contribution in [0.1, 0.15) is 84.0 Å². The van der Waals surface area contributed by atoms with Crippen LogP contribution >= 0.6 is 0 Å². The van der Waals surface area contributed by atoms with E-state index in [1.807, 2.05) is 13.8 Å². The van der Waals surface area contributed by atoms with Gasteiger partial charge in [0.25, 0.3) is 9.84 Å². The third-order valence-electron chi connectivity index (χ3n) is 10.2. The molecular formula is C41H50N2O14S. The highest BCUT2D eigenvalue weighted by atomic mass is 32.2. The molecule has 2 saturated heterocycles. The summed E-state index contributed by atoms with van der Waals surface area (Å²) in [6.07, 6.45) is 11.2. The number of aromatic nitrogens is 2. The molecule has 0 amide bonds. The van der Waals surface area contributed by atoms with E-state index in [1.54, 1.807) is 56.4 Å². The Labute approximate surface area is 336 Å². The molecule has 0 radical (unpaired) electrons. The molecular weight excluding hydrogens is 777 g/mol. The number of hydrogen-bond donors (Lipinski definition) is 0. The highest BCUT2D eigenvalue weighted by molar-refractivity contribution is 7.91. The highest BCUT2D eigenvalue weighted by Gasteiger charge is 2.71. The van der Waals surface area contributed by atoms with Gasteiger partial charge in [-0.25, -0.2) is 13.2 Å². The number of methoxy groups -OCH3 is 1. The summed E-state index contributed by atoms with van der Waals surface area (Å²) in [6, 6.07) is 8.71. The maximum atomic E-state index is 13.3. The largest absolute Gasteiger partial charge is 0.496 e. The Morgan fingerprint density at radius 1 is 0.983 bits per heavy atom. The lowest BCUT2D eigenvalue weighted by atomic mass is 9.77. The molecule has 17 heteroatoms. The maximum absolute atomic E-state index is 13.3. The first-order valence-corrected chi connectivity index (χ1v) is 20.6. The van der Waals surface area contributed by atoms with Crippen LogP contribution in [-0.4, -0.2) is 74.8 Å². The third kappa shape index (κ3) is 9.70. The van der Waals surface area contributed by atoms with Crippen LogP contribution in [0, 0.1) is 12.1 Å². The van der Waals surface area contributed by atoms with Crippen LogP contribution in [0.4, 0.5) is 0 Å². The molecule has 2 aliphatic heterocycles. The monoisotopic (exact) mass is 826 g/mol. The number of carbonyl (C=O) groups is 2. The van der Waals surface area contributed by atoms with Crippen LogP contribution < -0.4 is 20.0 Å². The van der Waals surface area contributed by atoms with Crippen molar-refractivity contribution in [3.8, 4) is 11.6 Å². The highest BCUT2D eigenvalue weighted by Crippen LogP contribution is 2.52. The van der Waals surface area contributed by atoms with Crippen LogP contribution in [0.3, 0.4) is 0 Å². The Balaban J connectivity index is 1.16. The topological polar surface area (TPSA) is 207 Å². The molecule has 4 heterocycles. The summed E-state index contributed by atoms with van der Waals surface area (Å²) in [5.41, 5.74) is -2.09. The molecule has 3 aromatic rings. The van der Waals surface area contributed by atoms with Crippen LogP contribution in [0.15, 0.2) is 90.5 Å². The van der Waals surface area contributed by atoms with Crippen molar-refractivity contribution in [2.24, 2.45) is 0 Å². The Morgan fingerprint density at radius 3 is 2.40 bits per heavy atom. The molecule has 0 N–H and O–H groups in total. The van der Waals surface area contributed by atoms with Gasteiger partial charge in [0.1, 0.15) is 28.8 Å². The third-order valence-corrected chi connectivity index (χ3v) is 11.9. The number of benzene rings is 1. The van der Waals surface area contributed by atoms with Gasteiger partial charge in [-0.3, -0.25) is 14.2 Å². The van der Waals surface area contributed by atoms with Gasteiger partial charge in [0.2, 0.25) is 0 Å². The van der Waals surface area contributed by atoms with Crippen LogP contribution in [0.5, 0.6) is 11.6 Å². The standard InChI is InChI=1S/C41H50N2O14S/c1-7-33-40(4)39(52-28(3)44)41(5,56-33)36(31(55-40)23-17-11-10-16-22-30-27(2)32(50-6)26-35(46)53-30)54-34(45)24-18-9-8-12-19-25-51-37-38(43(47)57-42-37)58(48,49)29-20-14-13-15-21-29/h10-11,13-17,20-23,26,31,33,36,39H,7-9,12,18-19,24-25H2,1-6H3/b11-10+,22-16+,23-17+/t31-,33+,36-,39+,40-,41+/m0/s1. The summed E-state index contributed by atoms with van der Waals surface area (Å²) < 4.78 is 71.5. The number of fused-ring (bicyclic) bond motifs is 2. The van der Waals surface area contributed by atoms with Gasteiger partial charge in [0.15, 0.2) is 12.2 Å². The van der Waals surface area contributed by atoms with Crippen molar-refractivity contribution >= 4 is 27.9 Å². The Hall–Kier alpha value is -5.26. The average molecular weight is 827 g/mol. The fraction of sp³-hybridized carbons (Fsp3) is 0.488. The van der Waals surface area contributed by atoms with E-state index in [2.05, 4.69) is 9.79 Å². The van der Waals surface area contributed by atoms with Crippen LogP contribution in [0.2, 0.25) is 0 Å². The molecule has 16 nitrogen and oxygen atoms in total. The van der Waals surface area contributed by atoms with Gasteiger partial charge in [-0.2, -0.15) is 0 Å². The first-order chi connectivity index (χ1) is 27.6. The fourth-order valence-corrected chi connectivity index (χ4v) is 8.64. The van der Waals surface area contributed by atoms with Crippen LogP contribution in [0.25, 0.3) is 6.08 Å². The Morgan fingerprint density at radius 2 is 1.69 bits per heavy atom. The van der Waals surface area contributed by atoms with E-state index in [0.717, 1.165) is 6.42 Å². The second-order valence-electron chi connectivity index (χ2n) is 14.3. The van der Waals surface area contributed by atoms with E-state index in [0.29, 0.717) is 49.2 Å². The zero-order valence-corrected chi connectivity index (χ0v) is 34.2. The summed E-state index contributed by atoms with van der Waals surface area (Å²) in [5, 5.41) is 14.9. The lowest BCUT2D eigenvalue weighted by Gasteiger charge is -2.48. The molecule has 2 bridgehead atoms. The van der Waals surface area contributed by atoms with E-state index >= 15 is 0 Å². The minimum atomic E-state index is -4.21. The second-order valence-corrected chi connectivity index (χ2v) is 16.2. The molecule has 1 aromatic carbocycles. The summed E-state index contributed by atoms with van der Waals surface area (Å²) in [6.45, 7) is 8.74. The fourth-order valence-electron chi connectivity index (χ4n) is 7.35. The lowest BCUT2D eigenvalue weighted by molar-refractivity contribution is -0.832. The van der Waals surface area contributed by atoms with Crippen molar-refractivity contribution in [2.45, 2.75) is 125 Å². The number of hydrogen-bond acceptors (Lipinski definition) is 15. The number of rotatable bonds is 19. The Bertz CT molecular complexity index is 2160. The Kier molecular flexibility index (Phi) is 14.4.